The molecule has 1 aromatic heterocycles. The number of hydrogen-bond acceptors (Lipinski definition) is 5. The monoisotopic (exact) mass is 257 g/mol. The normalized spacial score (nSPS) is 29.3. The molecule has 2 atom stereocenters. The van der Waals surface area contributed by atoms with Crippen LogP contribution in [0.2, 0.25) is 0 Å². The van der Waals surface area contributed by atoms with Crippen molar-refractivity contribution < 1.29 is 9.00 Å². The van der Waals surface area contributed by atoms with Crippen LogP contribution in [0.1, 0.15) is 13.8 Å². The molecule has 2 heterocycles. The van der Waals surface area contributed by atoms with Gasteiger partial charge in [0.15, 0.2) is 0 Å². The predicted molar refractivity (Wildman–Crippen MR) is 61.5 cm³/mol. The standard InChI is InChI=1S/C9H15N5O2S/c1-7-3-13(4-8(2)17(7)16)9(15)5-14-6-10-11-12-14/h6-8H,3-5H2,1-2H3. The van der Waals surface area contributed by atoms with Gasteiger partial charge in [-0.25, -0.2) is 4.68 Å². The van der Waals surface area contributed by atoms with Crippen molar-refractivity contribution in [2.24, 2.45) is 0 Å². The molecule has 2 unspecified atom stereocenters. The maximum absolute atomic E-state index is 12.0. The van der Waals surface area contributed by atoms with Crippen LogP contribution in [0.25, 0.3) is 0 Å². The molecule has 0 aliphatic carbocycles. The molecular weight excluding hydrogens is 242 g/mol. The number of nitrogens with zero attached hydrogens (tertiary/aromatic N) is 5. The van der Waals surface area contributed by atoms with Gasteiger partial charge in [0.1, 0.15) is 12.9 Å². The fraction of sp³-hybridized carbons (Fsp3) is 0.778. The topological polar surface area (TPSA) is 81.0 Å². The van der Waals surface area contributed by atoms with E-state index in [4.69, 9.17) is 0 Å². The Morgan fingerprint density at radius 2 is 2.06 bits per heavy atom. The first kappa shape index (κ1) is 12.2. The number of tetrazole rings is 1. The summed E-state index contributed by atoms with van der Waals surface area (Å²) in [6.45, 7) is 5.03. The van der Waals surface area contributed by atoms with Crippen molar-refractivity contribution in [3.8, 4) is 0 Å². The lowest BCUT2D eigenvalue weighted by molar-refractivity contribution is -0.132. The van der Waals surface area contributed by atoms with Crippen molar-refractivity contribution in [2.45, 2.75) is 30.9 Å². The summed E-state index contributed by atoms with van der Waals surface area (Å²) in [4.78, 5) is 13.7. The SMILES string of the molecule is CC1CN(C(=O)Cn2cnnn2)CC(C)S1=O. The molecule has 0 spiro atoms. The lowest BCUT2D eigenvalue weighted by Gasteiger charge is -2.34. The largest absolute Gasteiger partial charge is 0.339 e. The average molecular weight is 257 g/mol. The molecular formula is C9H15N5O2S. The van der Waals surface area contributed by atoms with E-state index >= 15 is 0 Å². The number of hydrogen-bond donors (Lipinski definition) is 0. The number of amides is 1. The van der Waals surface area contributed by atoms with E-state index < -0.39 is 10.8 Å². The smallest absolute Gasteiger partial charge is 0.244 e. The summed E-state index contributed by atoms with van der Waals surface area (Å²) in [5, 5.41) is 10.7. The Morgan fingerprint density at radius 1 is 1.41 bits per heavy atom. The van der Waals surface area contributed by atoms with Crippen LogP contribution >= 0.6 is 0 Å². The second-order valence-corrected chi connectivity index (χ2v) is 6.52. The molecule has 17 heavy (non-hydrogen) atoms. The number of carbonyl (C=O) groups excluding carboxylic acids is 1. The summed E-state index contributed by atoms with van der Waals surface area (Å²) in [7, 11) is -0.847. The van der Waals surface area contributed by atoms with Gasteiger partial charge < -0.3 is 4.90 Å². The van der Waals surface area contributed by atoms with Crippen LogP contribution in [0, 0.1) is 0 Å². The highest BCUT2D eigenvalue weighted by molar-refractivity contribution is 7.86. The van der Waals surface area contributed by atoms with Gasteiger partial charge in [0, 0.05) is 34.4 Å². The molecule has 0 radical (unpaired) electrons. The Kier molecular flexibility index (Phi) is 3.51. The molecule has 1 aliphatic heterocycles. The van der Waals surface area contributed by atoms with Crippen LogP contribution in [0.3, 0.4) is 0 Å². The fourth-order valence-corrected chi connectivity index (χ4v) is 3.38. The Hall–Kier alpha value is -1.31. The lowest BCUT2D eigenvalue weighted by atomic mass is 10.3. The zero-order valence-corrected chi connectivity index (χ0v) is 10.6. The zero-order chi connectivity index (χ0) is 12.4. The molecule has 8 heteroatoms. The van der Waals surface area contributed by atoms with Gasteiger partial charge >= 0.3 is 0 Å². The van der Waals surface area contributed by atoms with Gasteiger partial charge in [-0.15, -0.1) is 5.10 Å². The van der Waals surface area contributed by atoms with Crippen molar-refractivity contribution in [1.29, 1.82) is 0 Å². The zero-order valence-electron chi connectivity index (χ0n) is 9.81. The summed E-state index contributed by atoms with van der Waals surface area (Å²) in [6.07, 6.45) is 1.41. The second-order valence-electron chi connectivity index (χ2n) is 4.26. The van der Waals surface area contributed by atoms with Gasteiger partial charge in [-0.1, -0.05) is 0 Å². The average Bonchev–Trinajstić information content (AvgIpc) is 2.77. The van der Waals surface area contributed by atoms with Crippen LogP contribution in [0.5, 0.6) is 0 Å². The number of aromatic nitrogens is 4. The maximum Gasteiger partial charge on any atom is 0.244 e. The van der Waals surface area contributed by atoms with E-state index in [1.54, 1.807) is 4.90 Å². The molecule has 0 aromatic carbocycles. The van der Waals surface area contributed by atoms with E-state index in [0.29, 0.717) is 13.1 Å². The quantitative estimate of drug-likeness (QED) is 0.681. The highest BCUT2D eigenvalue weighted by atomic mass is 32.2. The Bertz CT molecular complexity index is 407. The minimum absolute atomic E-state index is 0.0246. The molecule has 1 fully saturated rings. The maximum atomic E-state index is 12.0. The van der Waals surface area contributed by atoms with Crippen LogP contribution in [0.15, 0.2) is 6.33 Å². The fourth-order valence-electron chi connectivity index (χ4n) is 1.93. The molecule has 2 rings (SSSR count). The molecule has 1 amide bonds. The van der Waals surface area contributed by atoms with E-state index in [2.05, 4.69) is 15.5 Å². The minimum Gasteiger partial charge on any atom is -0.339 e. The van der Waals surface area contributed by atoms with Gasteiger partial charge in [0.2, 0.25) is 5.91 Å². The summed E-state index contributed by atoms with van der Waals surface area (Å²) in [5.41, 5.74) is 0. The van der Waals surface area contributed by atoms with Crippen molar-refractivity contribution in [1.82, 2.24) is 25.1 Å². The van der Waals surface area contributed by atoms with Crippen molar-refractivity contribution in [3.63, 3.8) is 0 Å². The molecule has 1 aromatic rings. The molecule has 0 N–H and O–H groups in total. The molecule has 7 nitrogen and oxygen atoms in total. The van der Waals surface area contributed by atoms with Crippen LogP contribution in [-0.2, 0) is 22.1 Å². The van der Waals surface area contributed by atoms with Crippen molar-refractivity contribution in [2.75, 3.05) is 13.1 Å². The summed E-state index contributed by atoms with van der Waals surface area (Å²) >= 11 is 0. The summed E-state index contributed by atoms with van der Waals surface area (Å²) in [6, 6.07) is 0. The Balaban J connectivity index is 1.98. The van der Waals surface area contributed by atoms with E-state index in [-0.39, 0.29) is 23.0 Å². The molecule has 94 valence electrons. The van der Waals surface area contributed by atoms with Gasteiger partial charge in [-0.05, 0) is 24.3 Å². The minimum atomic E-state index is -0.847. The lowest BCUT2D eigenvalue weighted by Crippen LogP contribution is -2.50. The Morgan fingerprint density at radius 3 is 2.59 bits per heavy atom. The van der Waals surface area contributed by atoms with E-state index in [0.717, 1.165) is 0 Å². The van der Waals surface area contributed by atoms with E-state index in [1.807, 2.05) is 13.8 Å². The Labute approximate surface area is 102 Å². The first-order valence-electron chi connectivity index (χ1n) is 5.46. The molecule has 1 saturated heterocycles. The van der Waals surface area contributed by atoms with E-state index in [9.17, 15) is 9.00 Å². The first-order chi connectivity index (χ1) is 8.08. The number of rotatable bonds is 2. The summed E-state index contributed by atoms with van der Waals surface area (Å²) in [5.74, 6) is -0.0345. The molecule has 1 aliphatic rings. The van der Waals surface area contributed by atoms with Crippen molar-refractivity contribution >= 4 is 16.7 Å². The summed E-state index contributed by atoms with van der Waals surface area (Å²) < 4.78 is 13.1. The highest BCUT2D eigenvalue weighted by Crippen LogP contribution is 2.14. The predicted octanol–water partition coefficient (Wildman–Crippen LogP) is -0.959. The van der Waals surface area contributed by atoms with Gasteiger partial charge in [0.25, 0.3) is 0 Å². The van der Waals surface area contributed by atoms with Gasteiger partial charge in [-0.2, -0.15) is 0 Å². The van der Waals surface area contributed by atoms with Crippen LogP contribution < -0.4 is 0 Å². The number of carbonyl (C=O) groups is 1. The van der Waals surface area contributed by atoms with Crippen molar-refractivity contribution in [3.05, 3.63) is 6.33 Å². The third-order valence-corrected chi connectivity index (χ3v) is 4.67. The van der Waals surface area contributed by atoms with Gasteiger partial charge in [0.05, 0.1) is 0 Å². The van der Waals surface area contributed by atoms with E-state index in [1.165, 1.54) is 11.0 Å². The molecule has 0 saturated carbocycles. The van der Waals surface area contributed by atoms with Gasteiger partial charge in [-0.3, -0.25) is 9.00 Å². The highest BCUT2D eigenvalue weighted by Gasteiger charge is 2.31. The third-order valence-electron chi connectivity index (χ3n) is 2.79. The molecule has 0 bridgehead atoms. The first-order valence-corrected chi connectivity index (χ1v) is 6.73. The van der Waals surface area contributed by atoms with Crippen LogP contribution in [-0.4, -0.2) is 58.8 Å². The van der Waals surface area contributed by atoms with Crippen LogP contribution in [0.4, 0.5) is 0 Å². The third kappa shape index (κ3) is 2.68. The second kappa shape index (κ2) is 4.91.